The van der Waals surface area contributed by atoms with Crippen molar-refractivity contribution in [3.8, 4) is 22.3 Å². The van der Waals surface area contributed by atoms with Gasteiger partial charge in [0.2, 0.25) is 0 Å². The summed E-state index contributed by atoms with van der Waals surface area (Å²) in [5.41, 5.74) is 8.18. The summed E-state index contributed by atoms with van der Waals surface area (Å²) in [7, 11) is 0. The summed E-state index contributed by atoms with van der Waals surface area (Å²) >= 11 is 0. The van der Waals surface area contributed by atoms with Crippen LogP contribution in [-0.4, -0.2) is 0 Å². The molecule has 0 atom stereocenters. The van der Waals surface area contributed by atoms with Crippen molar-refractivity contribution in [2.24, 2.45) is 0 Å². The van der Waals surface area contributed by atoms with Crippen molar-refractivity contribution in [1.82, 2.24) is 0 Å². The highest BCUT2D eigenvalue weighted by molar-refractivity contribution is 5.78. The van der Waals surface area contributed by atoms with E-state index in [1.807, 2.05) is 0 Å². The molecule has 2 bridgehead atoms. The van der Waals surface area contributed by atoms with Crippen LogP contribution in [0, 0.1) is 0 Å². The highest BCUT2D eigenvalue weighted by Gasteiger charge is 2.13. The molecule has 0 aliphatic heterocycles. The zero-order chi connectivity index (χ0) is 12.7. The minimum absolute atomic E-state index is 1.01. The average molecular weight is 242 g/mol. The van der Waals surface area contributed by atoms with E-state index in [1.54, 1.807) is 0 Å². The molecule has 0 spiro atoms. The number of rotatable bonds is 0. The molecule has 0 unspecified atom stereocenters. The van der Waals surface area contributed by atoms with Crippen molar-refractivity contribution in [3.05, 3.63) is 83.9 Å². The van der Waals surface area contributed by atoms with E-state index in [0.29, 0.717) is 0 Å². The molecular formula is C19H14. The molecule has 0 aromatic heterocycles. The van der Waals surface area contributed by atoms with Crippen LogP contribution in [0.15, 0.2) is 72.8 Å². The Balaban J connectivity index is 2.09. The van der Waals surface area contributed by atoms with E-state index in [-0.39, 0.29) is 0 Å². The molecule has 1 aliphatic rings. The SMILES string of the molecule is c1cc2cc(c1)-c1ccccc1Cc1ccccc1-2. The van der Waals surface area contributed by atoms with Crippen molar-refractivity contribution in [2.75, 3.05) is 0 Å². The van der Waals surface area contributed by atoms with Crippen LogP contribution in [0.4, 0.5) is 0 Å². The maximum absolute atomic E-state index is 2.30. The monoisotopic (exact) mass is 242 g/mol. The Morgan fingerprint density at radius 1 is 0.526 bits per heavy atom. The van der Waals surface area contributed by atoms with Gasteiger partial charge < -0.3 is 0 Å². The van der Waals surface area contributed by atoms with Gasteiger partial charge in [0, 0.05) is 0 Å². The molecule has 4 rings (SSSR count). The Kier molecular flexibility index (Phi) is 2.28. The third-order valence-corrected chi connectivity index (χ3v) is 3.90. The van der Waals surface area contributed by atoms with Crippen LogP contribution in [0.2, 0.25) is 0 Å². The first-order valence-corrected chi connectivity index (χ1v) is 6.68. The van der Waals surface area contributed by atoms with Gasteiger partial charge in [-0.2, -0.15) is 0 Å². The molecule has 0 amide bonds. The van der Waals surface area contributed by atoms with Crippen molar-refractivity contribution < 1.29 is 0 Å². The quantitative estimate of drug-likeness (QED) is 0.410. The lowest BCUT2D eigenvalue weighted by Gasteiger charge is -2.18. The van der Waals surface area contributed by atoms with Gasteiger partial charge in [-0.25, -0.2) is 0 Å². The highest BCUT2D eigenvalue weighted by Crippen LogP contribution is 2.35. The fraction of sp³-hybridized carbons (Fsp3) is 0.0526. The summed E-state index contributed by atoms with van der Waals surface area (Å²) in [5, 5.41) is 0. The van der Waals surface area contributed by atoms with Gasteiger partial charge in [0.25, 0.3) is 0 Å². The Labute approximate surface area is 113 Å². The van der Waals surface area contributed by atoms with Gasteiger partial charge in [0.1, 0.15) is 0 Å². The molecule has 0 nitrogen and oxygen atoms in total. The van der Waals surface area contributed by atoms with E-state index in [1.165, 1.54) is 33.4 Å². The first kappa shape index (κ1) is 10.6. The number of fused-ring (bicyclic) bond motifs is 6. The third-order valence-electron chi connectivity index (χ3n) is 3.90. The number of benzene rings is 3. The Morgan fingerprint density at radius 2 is 1.05 bits per heavy atom. The summed E-state index contributed by atoms with van der Waals surface area (Å²) in [4.78, 5) is 0. The van der Waals surface area contributed by atoms with Crippen LogP contribution < -0.4 is 0 Å². The minimum Gasteiger partial charge on any atom is -0.0619 e. The molecule has 0 heterocycles. The molecule has 1 aliphatic carbocycles. The van der Waals surface area contributed by atoms with Crippen LogP contribution in [-0.2, 0) is 6.42 Å². The van der Waals surface area contributed by atoms with Crippen LogP contribution in [0.1, 0.15) is 11.1 Å². The standard InChI is InChI=1S/C19H14/c1-3-10-18-14(6-1)12-15-7-2-4-11-19(15)17-9-5-8-16(18)13-17/h1-11,13H,12H2. The predicted molar refractivity (Wildman–Crippen MR) is 80.1 cm³/mol. The lowest BCUT2D eigenvalue weighted by Crippen LogP contribution is -1.98. The molecule has 90 valence electrons. The molecule has 3 aromatic carbocycles. The van der Waals surface area contributed by atoms with E-state index >= 15 is 0 Å². The van der Waals surface area contributed by atoms with Gasteiger partial charge in [-0.15, -0.1) is 0 Å². The molecule has 0 saturated heterocycles. The molecule has 0 saturated carbocycles. The fourth-order valence-electron chi connectivity index (χ4n) is 2.97. The van der Waals surface area contributed by atoms with Crippen LogP contribution >= 0.6 is 0 Å². The summed E-state index contributed by atoms with van der Waals surface area (Å²) < 4.78 is 0. The summed E-state index contributed by atoms with van der Waals surface area (Å²) in [6, 6.07) is 26.3. The zero-order valence-electron chi connectivity index (χ0n) is 10.6. The van der Waals surface area contributed by atoms with Gasteiger partial charge in [-0.1, -0.05) is 66.7 Å². The maximum Gasteiger partial charge on any atom is -0.00135 e. The molecule has 0 fully saturated rings. The largest absolute Gasteiger partial charge is 0.0619 e. The van der Waals surface area contributed by atoms with E-state index in [4.69, 9.17) is 0 Å². The lowest BCUT2D eigenvalue weighted by atomic mass is 9.87. The Hall–Kier alpha value is -2.34. The van der Waals surface area contributed by atoms with Gasteiger partial charge in [-0.05, 0) is 45.9 Å². The second-order valence-electron chi connectivity index (χ2n) is 5.07. The molecule has 0 N–H and O–H groups in total. The number of hydrogen-bond acceptors (Lipinski definition) is 0. The van der Waals surface area contributed by atoms with Crippen molar-refractivity contribution in [2.45, 2.75) is 6.42 Å². The minimum atomic E-state index is 1.01. The first-order valence-electron chi connectivity index (χ1n) is 6.68. The topological polar surface area (TPSA) is 0 Å². The summed E-state index contributed by atoms with van der Waals surface area (Å²) in [5.74, 6) is 0. The van der Waals surface area contributed by atoms with E-state index in [2.05, 4.69) is 72.8 Å². The summed E-state index contributed by atoms with van der Waals surface area (Å²) in [6.45, 7) is 0. The maximum atomic E-state index is 2.30. The third kappa shape index (κ3) is 1.68. The zero-order valence-corrected chi connectivity index (χ0v) is 10.6. The van der Waals surface area contributed by atoms with Crippen molar-refractivity contribution >= 4 is 0 Å². The van der Waals surface area contributed by atoms with E-state index in [0.717, 1.165) is 6.42 Å². The van der Waals surface area contributed by atoms with Gasteiger partial charge in [-0.3, -0.25) is 0 Å². The fourth-order valence-corrected chi connectivity index (χ4v) is 2.97. The van der Waals surface area contributed by atoms with Gasteiger partial charge in [0.15, 0.2) is 0 Å². The lowest BCUT2D eigenvalue weighted by molar-refractivity contribution is 1.19. The van der Waals surface area contributed by atoms with Crippen LogP contribution in [0.3, 0.4) is 0 Å². The molecule has 3 aromatic rings. The van der Waals surface area contributed by atoms with Gasteiger partial charge >= 0.3 is 0 Å². The molecular weight excluding hydrogens is 228 g/mol. The molecule has 0 heteroatoms. The average Bonchev–Trinajstić information content (AvgIpc) is 2.48. The first-order chi connectivity index (χ1) is 9.42. The second kappa shape index (κ2) is 4.10. The van der Waals surface area contributed by atoms with Crippen LogP contribution in [0.25, 0.3) is 22.3 Å². The summed E-state index contributed by atoms with van der Waals surface area (Å²) in [6.07, 6.45) is 1.01. The van der Waals surface area contributed by atoms with E-state index in [9.17, 15) is 0 Å². The normalized spacial score (nSPS) is 12.0. The van der Waals surface area contributed by atoms with Crippen molar-refractivity contribution in [1.29, 1.82) is 0 Å². The molecule has 0 radical (unpaired) electrons. The number of hydrogen-bond donors (Lipinski definition) is 0. The van der Waals surface area contributed by atoms with Gasteiger partial charge in [0.05, 0.1) is 0 Å². The second-order valence-corrected chi connectivity index (χ2v) is 5.07. The Morgan fingerprint density at radius 3 is 1.63 bits per heavy atom. The highest BCUT2D eigenvalue weighted by atomic mass is 14.2. The molecule has 19 heavy (non-hydrogen) atoms. The smallest absolute Gasteiger partial charge is 0.00135 e. The van der Waals surface area contributed by atoms with Crippen molar-refractivity contribution in [3.63, 3.8) is 0 Å². The predicted octanol–water partition coefficient (Wildman–Crippen LogP) is 4.92. The van der Waals surface area contributed by atoms with Crippen LogP contribution in [0.5, 0.6) is 0 Å². The Bertz CT molecular complexity index is 692. The van der Waals surface area contributed by atoms with E-state index < -0.39 is 0 Å².